The predicted molar refractivity (Wildman–Crippen MR) is 77.2 cm³/mol. The van der Waals surface area contributed by atoms with Crippen LogP contribution in [0.4, 0.5) is 0 Å². The molecule has 0 aliphatic heterocycles. The molecule has 1 amide bonds. The average molecular weight is 300 g/mol. The first kappa shape index (κ1) is 16.1. The summed E-state index contributed by atoms with van der Waals surface area (Å²) >= 11 is 5.75. The van der Waals surface area contributed by atoms with Gasteiger partial charge in [-0.1, -0.05) is 23.7 Å². The molecule has 0 saturated carbocycles. The SMILES string of the molecule is CCC(CC(N)=NO)NC(=O)COc1ccc(Cl)cc1. The Balaban J connectivity index is 2.40. The van der Waals surface area contributed by atoms with E-state index in [0.29, 0.717) is 23.6 Å². The van der Waals surface area contributed by atoms with Crippen LogP contribution in [0.3, 0.4) is 0 Å². The summed E-state index contributed by atoms with van der Waals surface area (Å²) in [4.78, 5) is 11.7. The molecule has 1 atom stereocenters. The molecular formula is C13H18ClN3O3. The summed E-state index contributed by atoms with van der Waals surface area (Å²) in [6.07, 6.45) is 0.961. The highest BCUT2D eigenvalue weighted by molar-refractivity contribution is 6.30. The van der Waals surface area contributed by atoms with Crippen molar-refractivity contribution < 1.29 is 14.7 Å². The van der Waals surface area contributed by atoms with Gasteiger partial charge in [0.1, 0.15) is 11.6 Å². The number of benzene rings is 1. The molecule has 6 nitrogen and oxygen atoms in total. The highest BCUT2D eigenvalue weighted by Gasteiger charge is 2.12. The van der Waals surface area contributed by atoms with Gasteiger partial charge >= 0.3 is 0 Å². The number of carbonyl (C=O) groups is 1. The zero-order valence-electron chi connectivity index (χ0n) is 11.2. The highest BCUT2D eigenvalue weighted by atomic mass is 35.5. The number of rotatable bonds is 7. The third-order valence-corrected chi connectivity index (χ3v) is 2.88. The van der Waals surface area contributed by atoms with Crippen LogP contribution in [0.25, 0.3) is 0 Å². The lowest BCUT2D eigenvalue weighted by molar-refractivity contribution is -0.123. The first-order valence-corrected chi connectivity index (χ1v) is 6.57. The first-order chi connectivity index (χ1) is 9.55. The summed E-state index contributed by atoms with van der Waals surface area (Å²) in [7, 11) is 0. The van der Waals surface area contributed by atoms with Crippen molar-refractivity contribution in [2.75, 3.05) is 6.61 Å². The van der Waals surface area contributed by atoms with Crippen molar-refractivity contribution >= 4 is 23.3 Å². The Labute approximate surface area is 122 Å². The van der Waals surface area contributed by atoms with Crippen molar-refractivity contribution in [1.29, 1.82) is 0 Å². The molecule has 0 radical (unpaired) electrons. The lowest BCUT2D eigenvalue weighted by Crippen LogP contribution is -2.40. The van der Waals surface area contributed by atoms with Crippen molar-refractivity contribution in [3.8, 4) is 5.75 Å². The summed E-state index contributed by atoms with van der Waals surface area (Å²) in [6, 6.07) is 6.55. The van der Waals surface area contributed by atoms with E-state index in [1.165, 1.54) is 0 Å². The monoisotopic (exact) mass is 299 g/mol. The number of halogens is 1. The minimum absolute atomic E-state index is 0.0794. The van der Waals surface area contributed by atoms with Crippen LogP contribution in [0, 0.1) is 0 Å². The third kappa shape index (κ3) is 5.79. The van der Waals surface area contributed by atoms with Gasteiger partial charge in [0.2, 0.25) is 0 Å². The van der Waals surface area contributed by atoms with Crippen LogP contribution in [-0.2, 0) is 4.79 Å². The second-order valence-electron chi connectivity index (χ2n) is 4.21. The number of amidine groups is 1. The third-order valence-electron chi connectivity index (χ3n) is 2.63. The van der Waals surface area contributed by atoms with Gasteiger partial charge < -0.3 is 21.0 Å². The maximum Gasteiger partial charge on any atom is 0.258 e. The number of hydrogen-bond acceptors (Lipinski definition) is 4. The van der Waals surface area contributed by atoms with E-state index in [4.69, 9.17) is 27.3 Å². The Morgan fingerprint density at radius 1 is 1.50 bits per heavy atom. The van der Waals surface area contributed by atoms with Crippen LogP contribution in [0.1, 0.15) is 19.8 Å². The van der Waals surface area contributed by atoms with E-state index >= 15 is 0 Å². The summed E-state index contributed by atoms with van der Waals surface area (Å²) in [6.45, 7) is 1.80. The first-order valence-electron chi connectivity index (χ1n) is 6.19. The number of nitrogens with one attached hydrogen (secondary N) is 1. The fraction of sp³-hybridized carbons (Fsp3) is 0.385. The van der Waals surface area contributed by atoms with Gasteiger partial charge in [0.05, 0.1) is 0 Å². The van der Waals surface area contributed by atoms with Crippen LogP contribution in [0.5, 0.6) is 5.75 Å². The average Bonchev–Trinajstić information content (AvgIpc) is 2.45. The van der Waals surface area contributed by atoms with Gasteiger partial charge in [-0.2, -0.15) is 0 Å². The van der Waals surface area contributed by atoms with E-state index < -0.39 is 0 Å². The van der Waals surface area contributed by atoms with Gasteiger partial charge in [-0.3, -0.25) is 4.79 Å². The predicted octanol–water partition coefficient (Wildman–Crippen LogP) is 1.75. The number of nitrogens with zero attached hydrogens (tertiary/aromatic N) is 1. The summed E-state index contributed by atoms with van der Waals surface area (Å²) in [5.41, 5.74) is 5.41. The minimum Gasteiger partial charge on any atom is -0.484 e. The number of nitrogens with two attached hydrogens (primary N) is 1. The fourth-order valence-electron chi connectivity index (χ4n) is 1.54. The molecule has 110 valence electrons. The smallest absolute Gasteiger partial charge is 0.258 e. The van der Waals surface area contributed by atoms with E-state index in [0.717, 1.165) is 0 Å². The van der Waals surface area contributed by atoms with Crippen molar-refractivity contribution in [1.82, 2.24) is 5.32 Å². The number of ether oxygens (including phenoxy) is 1. The standard InChI is InChI=1S/C13H18ClN3O3/c1-2-10(7-12(15)17-19)16-13(18)8-20-11-5-3-9(14)4-6-11/h3-6,10,19H,2,7-8H2,1H3,(H2,15,17)(H,16,18). The van der Waals surface area contributed by atoms with E-state index in [2.05, 4.69) is 10.5 Å². The quantitative estimate of drug-likeness (QED) is 0.309. The van der Waals surface area contributed by atoms with Crippen molar-refractivity contribution in [3.63, 3.8) is 0 Å². The highest BCUT2D eigenvalue weighted by Crippen LogP contribution is 2.15. The van der Waals surface area contributed by atoms with Crippen molar-refractivity contribution in [3.05, 3.63) is 29.3 Å². The molecule has 7 heteroatoms. The second kappa shape index (κ2) is 8.27. The number of hydrogen-bond donors (Lipinski definition) is 3. The molecule has 0 aliphatic rings. The van der Waals surface area contributed by atoms with Crippen LogP contribution in [0.2, 0.25) is 5.02 Å². The molecule has 0 fully saturated rings. The Morgan fingerprint density at radius 3 is 2.70 bits per heavy atom. The Kier molecular flexibility index (Phi) is 6.66. The Morgan fingerprint density at radius 2 is 2.15 bits per heavy atom. The summed E-state index contributed by atoms with van der Waals surface area (Å²) < 4.78 is 5.32. The van der Waals surface area contributed by atoms with Gasteiger partial charge in [0.25, 0.3) is 5.91 Å². The maximum absolute atomic E-state index is 11.7. The van der Waals surface area contributed by atoms with Gasteiger partial charge in [-0.25, -0.2) is 0 Å². The lowest BCUT2D eigenvalue weighted by atomic mass is 10.1. The van der Waals surface area contributed by atoms with Crippen LogP contribution in [0.15, 0.2) is 29.4 Å². The van der Waals surface area contributed by atoms with Crippen LogP contribution in [-0.4, -0.2) is 29.6 Å². The normalized spacial score (nSPS) is 12.8. The van der Waals surface area contributed by atoms with Gasteiger partial charge in [0, 0.05) is 17.5 Å². The molecule has 0 aliphatic carbocycles. The molecule has 1 aromatic rings. The summed E-state index contributed by atoms with van der Waals surface area (Å²) in [5.74, 6) is 0.377. The van der Waals surface area contributed by atoms with Crippen LogP contribution < -0.4 is 15.8 Å². The number of oxime groups is 1. The second-order valence-corrected chi connectivity index (χ2v) is 4.65. The topological polar surface area (TPSA) is 96.9 Å². The van der Waals surface area contributed by atoms with Crippen LogP contribution >= 0.6 is 11.6 Å². The van der Waals surface area contributed by atoms with Crippen molar-refractivity contribution in [2.24, 2.45) is 10.9 Å². The molecule has 4 N–H and O–H groups in total. The molecule has 1 aromatic carbocycles. The molecule has 0 bridgehead atoms. The molecule has 0 aromatic heterocycles. The maximum atomic E-state index is 11.7. The largest absolute Gasteiger partial charge is 0.484 e. The number of carbonyl (C=O) groups excluding carboxylic acids is 1. The van der Waals surface area contributed by atoms with Gasteiger partial charge in [0.15, 0.2) is 6.61 Å². The van der Waals surface area contributed by atoms with E-state index in [9.17, 15) is 4.79 Å². The van der Waals surface area contributed by atoms with E-state index in [-0.39, 0.29) is 24.4 Å². The molecule has 1 rings (SSSR count). The van der Waals surface area contributed by atoms with Crippen molar-refractivity contribution in [2.45, 2.75) is 25.8 Å². The number of amides is 1. The molecule has 0 heterocycles. The zero-order chi connectivity index (χ0) is 15.0. The Hall–Kier alpha value is -1.95. The molecule has 0 spiro atoms. The fourth-order valence-corrected chi connectivity index (χ4v) is 1.67. The van der Waals surface area contributed by atoms with Gasteiger partial charge in [-0.15, -0.1) is 0 Å². The zero-order valence-corrected chi connectivity index (χ0v) is 11.9. The molecule has 0 saturated heterocycles. The summed E-state index contributed by atoms with van der Waals surface area (Å²) in [5, 5.41) is 14.7. The lowest BCUT2D eigenvalue weighted by Gasteiger charge is -2.16. The molecule has 1 unspecified atom stereocenters. The van der Waals surface area contributed by atoms with E-state index in [1.807, 2.05) is 6.92 Å². The minimum atomic E-state index is -0.266. The molecular weight excluding hydrogens is 282 g/mol. The van der Waals surface area contributed by atoms with Gasteiger partial charge in [-0.05, 0) is 30.7 Å². The molecule has 20 heavy (non-hydrogen) atoms. The van der Waals surface area contributed by atoms with E-state index in [1.54, 1.807) is 24.3 Å². The Bertz CT molecular complexity index is 462.